The van der Waals surface area contributed by atoms with Crippen LogP contribution in [0.25, 0.3) is 0 Å². The van der Waals surface area contributed by atoms with Crippen molar-refractivity contribution in [1.82, 2.24) is 4.90 Å². The highest BCUT2D eigenvalue weighted by Crippen LogP contribution is 2.38. The summed E-state index contributed by atoms with van der Waals surface area (Å²) in [4.78, 5) is 2.28. The van der Waals surface area contributed by atoms with Gasteiger partial charge in [-0.15, -0.1) is 0 Å². The third-order valence-corrected chi connectivity index (χ3v) is 4.81. The van der Waals surface area contributed by atoms with Crippen LogP contribution in [0.5, 0.6) is 11.5 Å². The smallest absolute Gasteiger partial charge is 0.123 e. The average Bonchev–Trinajstić information content (AvgIpc) is 2.48. The van der Waals surface area contributed by atoms with Crippen LogP contribution in [0, 0.1) is 0 Å². The summed E-state index contributed by atoms with van der Waals surface area (Å²) in [5.41, 5.74) is -0.337. The van der Waals surface area contributed by atoms with Crippen LogP contribution in [-0.2, 0) is 0 Å². The van der Waals surface area contributed by atoms with Crippen molar-refractivity contribution < 1.29 is 19.7 Å². The Morgan fingerprint density at radius 2 is 1.75 bits per heavy atom. The Morgan fingerprint density at radius 3 is 2.33 bits per heavy atom. The van der Waals surface area contributed by atoms with E-state index in [1.54, 1.807) is 13.2 Å². The monoisotopic (exact) mass is 337 g/mol. The van der Waals surface area contributed by atoms with Gasteiger partial charge in [0.1, 0.15) is 24.2 Å². The van der Waals surface area contributed by atoms with Crippen LogP contribution >= 0.6 is 0 Å². The lowest BCUT2D eigenvalue weighted by Gasteiger charge is -2.54. The van der Waals surface area contributed by atoms with Gasteiger partial charge in [-0.05, 0) is 52.7 Å². The molecule has 1 aromatic carbocycles. The first kappa shape index (κ1) is 19.0. The Morgan fingerprint density at radius 1 is 1.17 bits per heavy atom. The molecule has 1 fully saturated rings. The van der Waals surface area contributed by atoms with Gasteiger partial charge in [0.05, 0.1) is 13.2 Å². The van der Waals surface area contributed by atoms with Gasteiger partial charge >= 0.3 is 0 Å². The molecular formula is C19H31NO4. The number of likely N-dealkylation sites (tertiary alicyclic amines) is 1. The maximum atomic E-state index is 10.5. The number of rotatable bonds is 6. The number of β-amino-alcohol motifs (C(OH)–C–C–N with tert-alkyl or cyclic N) is 1. The predicted molar refractivity (Wildman–Crippen MR) is 94.6 cm³/mol. The standard InChI is InChI=1S/C19H31NO4/c1-18(2)10-14(21)11-19(3,4)20(18)12-15(22)13-24-17-8-6-7-16(9-17)23-5/h6-9,14-15,21-22H,10-13H2,1-5H3/t15-/m1/s1. The van der Waals surface area contributed by atoms with Gasteiger partial charge in [-0.2, -0.15) is 0 Å². The molecule has 1 heterocycles. The fourth-order valence-corrected chi connectivity index (χ4v) is 3.91. The molecule has 0 spiro atoms. The van der Waals surface area contributed by atoms with Gasteiger partial charge in [0.2, 0.25) is 0 Å². The van der Waals surface area contributed by atoms with Crippen molar-refractivity contribution in [2.24, 2.45) is 0 Å². The highest BCUT2D eigenvalue weighted by molar-refractivity contribution is 5.32. The van der Waals surface area contributed by atoms with Crippen LogP contribution in [0.2, 0.25) is 0 Å². The van der Waals surface area contributed by atoms with E-state index in [2.05, 4.69) is 32.6 Å². The van der Waals surface area contributed by atoms with Crippen molar-refractivity contribution >= 4 is 0 Å². The maximum Gasteiger partial charge on any atom is 0.123 e. The summed E-state index contributed by atoms with van der Waals surface area (Å²) in [6.07, 6.45) is 0.515. The lowest BCUT2D eigenvalue weighted by atomic mass is 9.78. The number of benzene rings is 1. The largest absolute Gasteiger partial charge is 0.497 e. The summed E-state index contributed by atoms with van der Waals surface area (Å²) in [6, 6.07) is 7.37. The number of aliphatic hydroxyl groups is 2. The van der Waals surface area contributed by atoms with E-state index >= 15 is 0 Å². The molecule has 0 amide bonds. The lowest BCUT2D eigenvalue weighted by molar-refractivity contribution is -0.1000. The molecule has 5 nitrogen and oxygen atoms in total. The van der Waals surface area contributed by atoms with Gasteiger partial charge in [-0.1, -0.05) is 6.07 Å². The van der Waals surface area contributed by atoms with Gasteiger partial charge in [-0.25, -0.2) is 0 Å². The molecule has 1 aromatic rings. The van der Waals surface area contributed by atoms with Gasteiger partial charge in [0.15, 0.2) is 0 Å². The molecule has 0 aliphatic carbocycles. The zero-order valence-corrected chi connectivity index (χ0v) is 15.5. The number of ether oxygens (including phenoxy) is 2. The minimum Gasteiger partial charge on any atom is -0.497 e. The minimum absolute atomic E-state index is 0.169. The Labute approximate surface area is 145 Å². The molecule has 2 rings (SSSR count). The van der Waals surface area contributed by atoms with Crippen LogP contribution < -0.4 is 9.47 Å². The zero-order valence-electron chi connectivity index (χ0n) is 15.5. The molecule has 1 atom stereocenters. The van der Waals surface area contributed by atoms with Gasteiger partial charge in [-0.3, -0.25) is 4.90 Å². The maximum absolute atomic E-state index is 10.5. The first-order valence-corrected chi connectivity index (χ1v) is 8.55. The SMILES string of the molecule is COc1cccc(OC[C@H](O)CN2C(C)(C)CC(O)CC2(C)C)c1. The molecule has 0 radical (unpaired) electrons. The normalized spacial score (nSPS) is 22.1. The zero-order chi connectivity index (χ0) is 18.0. The quantitative estimate of drug-likeness (QED) is 0.835. The molecule has 0 unspecified atom stereocenters. The Bertz CT molecular complexity index is 526. The third kappa shape index (κ3) is 4.62. The first-order chi connectivity index (χ1) is 11.1. The Balaban J connectivity index is 1.96. The Kier molecular flexibility index (Phi) is 5.78. The van der Waals surface area contributed by atoms with Crippen LogP contribution in [0.15, 0.2) is 24.3 Å². The summed E-state index contributed by atoms with van der Waals surface area (Å²) in [6.45, 7) is 9.20. The lowest BCUT2D eigenvalue weighted by Crippen LogP contribution is -2.63. The van der Waals surface area contributed by atoms with Gasteiger partial charge < -0.3 is 19.7 Å². The molecule has 5 heteroatoms. The van der Waals surface area contributed by atoms with Crippen LogP contribution in [0.4, 0.5) is 0 Å². The number of nitrogens with zero attached hydrogens (tertiary/aromatic N) is 1. The van der Waals surface area contributed by atoms with Crippen LogP contribution in [0.3, 0.4) is 0 Å². The summed E-state index contributed by atoms with van der Waals surface area (Å²) in [5, 5.41) is 20.6. The van der Waals surface area contributed by atoms with E-state index in [-0.39, 0.29) is 23.8 Å². The molecule has 2 N–H and O–H groups in total. The van der Waals surface area contributed by atoms with Crippen LogP contribution in [0.1, 0.15) is 40.5 Å². The third-order valence-electron chi connectivity index (χ3n) is 4.81. The van der Waals surface area contributed by atoms with E-state index in [9.17, 15) is 10.2 Å². The second kappa shape index (κ2) is 7.30. The molecular weight excluding hydrogens is 306 g/mol. The molecule has 1 aliphatic heterocycles. The van der Waals surface area contributed by atoms with Crippen molar-refractivity contribution in [2.45, 2.75) is 63.8 Å². The fourth-order valence-electron chi connectivity index (χ4n) is 3.91. The van der Waals surface area contributed by atoms with Crippen molar-refractivity contribution in [3.8, 4) is 11.5 Å². The first-order valence-electron chi connectivity index (χ1n) is 8.55. The van der Waals surface area contributed by atoms with E-state index in [1.165, 1.54) is 0 Å². The number of hydrogen-bond acceptors (Lipinski definition) is 5. The second-order valence-electron chi connectivity index (χ2n) is 7.94. The van der Waals surface area contributed by atoms with E-state index in [0.717, 1.165) is 5.75 Å². The number of piperidine rings is 1. The number of hydrogen-bond donors (Lipinski definition) is 2. The minimum atomic E-state index is -0.606. The van der Waals surface area contributed by atoms with Crippen molar-refractivity contribution in [1.29, 1.82) is 0 Å². The topological polar surface area (TPSA) is 62.2 Å². The number of aliphatic hydroxyl groups excluding tert-OH is 2. The van der Waals surface area contributed by atoms with E-state index in [0.29, 0.717) is 25.1 Å². The molecule has 24 heavy (non-hydrogen) atoms. The average molecular weight is 337 g/mol. The Hall–Kier alpha value is -1.30. The van der Waals surface area contributed by atoms with Gasteiger partial charge in [0.25, 0.3) is 0 Å². The molecule has 136 valence electrons. The summed E-state index contributed by atoms with van der Waals surface area (Å²) >= 11 is 0. The van der Waals surface area contributed by atoms with E-state index in [1.807, 2.05) is 18.2 Å². The highest BCUT2D eigenvalue weighted by atomic mass is 16.5. The predicted octanol–water partition coefficient (Wildman–Crippen LogP) is 2.45. The second-order valence-corrected chi connectivity index (χ2v) is 7.94. The van der Waals surface area contributed by atoms with Crippen LogP contribution in [-0.4, -0.2) is 58.7 Å². The molecule has 0 saturated carbocycles. The summed E-state index contributed by atoms with van der Waals surface area (Å²) in [7, 11) is 1.61. The summed E-state index contributed by atoms with van der Waals surface area (Å²) < 4.78 is 10.9. The highest BCUT2D eigenvalue weighted by Gasteiger charge is 2.45. The van der Waals surface area contributed by atoms with Crippen molar-refractivity contribution in [2.75, 3.05) is 20.3 Å². The molecule has 0 aromatic heterocycles. The number of methoxy groups -OCH3 is 1. The van der Waals surface area contributed by atoms with E-state index in [4.69, 9.17) is 9.47 Å². The molecule has 1 aliphatic rings. The van der Waals surface area contributed by atoms with Gasteiger partial charge in [0, 0.05) is 23.7 Å². The van der Waals surface area contributed by atoms with Crippen molar-refractivity contribution in [3.63, 3.8) is 0 Å². The fraction of sp³-hybridized carbons (Fsp3) is 0.684. The molecule has 1 saturated heterocycles. The van der Waals surface area contributed by atoms with E-state index < -0.39 is 6.10 Å². The van der Waals surface area contributed by atoms with Crippen molar-refractivity contribution in [3.05, 3.63) is 24.3 Å². The summed E-state index contributed by atoms with van der Waals surface area (Å²) in [5.74, 6) is 1.41. The molecule has 0 bridgehead atoms.